The van der Waals surface area contributed by atoms with Gasteiger partial charge in [-0.05, 0) is 31.4 Å². The maximum atomic E-state index is 12.1. The number of ketones is 1. The molecule has 0 aliphatic rings. The molecule has 1 rings (SSSR count). The van der Waals surface area contributed by atoms with E-state index in [4.69, 9.17) is 0 Å². The van der Waals surface area contributed by atoms with Gasteiger partial charge in [-0.25, -0.2) is 0 Å². The van der Waals surface area contributed by atoms with Gasteiger partial charge in [-0.15, -0.1) is 0 Å². The van der Waals surface area contributed by atoms with E-state index in [9.17, 15) is 4.79 Å². The molecule has 0 aliphatic carbocycles. The summed E-state index contributed by atoms with van der Waals surface area (Å²) in [5, 5.41) is 0. The zero-order valence-electron chi connectivity index (χ0n) is 12.1. The van der Waals surface area contributed by atoms with Gasteiger partial charge in [0.25, 0.3) is 0 Å². The van der Waals surface area contributed by atoms with Crippen molar-refractivity contribution < 1.29 is 4.79 Å². The summed E-state index contributed by atoms with van der Waals surface area (Å²) in [6, 6.07) is 6.01. The lowest BCUT2D eigenvalue weighted by Gasteiger charge is -2.07. The zero-order valence-corrected chi connectivity index (χ0v) is 12.1. The Bertz CT molecular complexity index is 379. The van der Waals surface area contributed by atoms with Crippen molar-refractivity contribution in [3.8, 4) is 0 Å². The van der Waals surface area contributed by atoms with Crippen molar-refractivity contribution in [2.45, 2.75) is 65.7 Å². The van der Waals surface area contributed by atoms with Crippen LogP contribution >= 0.6 is 0 Å². The van der Waals surface area contributed by atoms with E-state index in [2.05, 4.69) is 19.9 Å². The molecule has 0 fully saturated rings. The molecule has 0 radical (unpaired) electrons. The number of hydrogen-bond acceptors (Lipinski definition) is 1. The van der Waals surface area contributed by atoms with Crippen molar-refractivity contribution in [2.75, 3.05) is 0 Å². The predicted octanol–water partition coefficient (Wildman–Crippen LogP) is 5.24. The molecule has 1 nitrogen and oxygen atoms in total. The van der Waals surface area contributed by atoms with Gasteiger partial charge in [-0.3, -0.25) is 4.79 Å². The first-order valence-electron chi connectivity index (χ1n) is 7.26. The first kappa shape index (κ1) is 14.9. The lowest BCUT2D eigenvalue weighted by atomic mass is 9.97. The fourth-order valence-electron chi connectivity index (χ4n) is 2.25. The van der Waals surface area contributed by atoms with Gasteiger partial charge in [-0.1, -0.05) is 57.2 Å². The molecule has 0 amide bonds. The minimum absolute atomic E-state index is 0.312. The molecule has 0 heterocycles. The Kier molecular flexibility index (Phi) is 6.70. The molecule has 18 heavy (non-hydrogen) atoms. The number of carbonyl (C=O) groups excluding carboxylic acids is 1. The van der Waals surface area contributed by atoms with E-state index in [1.807, 2.05) is 19.1 Å². The molecular formula is C17H26O. The molecule has 1 heteroatoms. The standard InChI is InChI=1S/C17H26O/c1-4-5-6-7-8-9-13-17(18)16-12-10-11-14(2)15(16)3/h10-12H,4-9,13H2,1-3H3. The second kappa shape index (κ2) is 8.07. The van der Waals surface area contributed by atoms with Crippen LogP contribution in [0.1, 0.15) is 73.4 Å². The minimum atomic E-state index is 0.312. The van der Waals surface area contributed by atoms with E-state index in [-0.39, 0.29) is 0 Å². The number of hydrogen-bond donors (Lipinski definition) is 0. The third kappa shape index (κ3) is 4.64. The highest BCUT2D eigenvalue weighted by Crippen LogP contribution is 2.16. The number of rotatable bonds is 8. The summed E-state index contributed by atoms with van der Waals surface area (Å²) in [7, 11) is 0. The van der Waals surface area contributed by atoms with Crippen LogP contribution in [0.25, 0.3) is 0 Å². The van der Waals surface area contributed by atoms with Crippen LogP contribution in [-0.2, 0) is 0 Å². The quantitative estimate of drug-likeness (QED) is 0.453. The molecule has 0 saturated heterocycles. The van der Waals surface area contributed by atoms with Crippen LogP contribution in [0.3, 0.4) is 0 Å². The fourth-order valence-corrected chi connectivity index (χ4v) is 2.25. The summed E-state index contributed by atoms with van der Waals surface area (Å²) < 4.78 is 0. The van der Waals surface area contributed by atoms with Crippen molar-refractivity contribution in [3.05, 3.63) is 34.9 Å². The average Bonchev–Trinajstić information content (AvgIpc) is 2.36. The van der Waals surface area contributed by atoms with Crippen LogP contribution in [0.5, 0.6) is 0 Å². The molecule has 100 valence electrons. The van der Waals surface area contributed by atoms with Crippen LogP contribution < -0.4 is 0 Å². The van der Waals surface area contributed by atoms with Gasteiger partial charge in [0.2, 0.25) is 0 Å². The molecular weight excluding hydrogens is 220 g/mol. The Morgan fingerprint density at radius 2 is 1.67 bits per heavy atom. The Balaban J connectivity index is 2.35. The summed E-state index contributed by atoms with van der Waals surface area (Å²) in [5.74, 6) is 0.312. The molecule has 0 atom stereocenters. The number of benzene rings is 1. The van der Waals surface area contributed by atoms with Gasteiger partial charge < -0.3 is 0 Å². The number of aryl methyl sites for hydroxylation is 1. The van der Waals surface area contributed by atoms with Crippen molar-refractivity contribution >= 4 is 5.78 Å². The van der Waals surface area contributed by atoms with Crippen LogP contribution in [0.2, 0.25) is 0 Å². The van der Waals surface area contributed by atoms with Gasteiger partial charge >= 0.3 is 0 Å². The lowest BCUT2D eigenvalue weighted by molar-refractivity contribution is 0.0978. The molecule has 1 aromatic rings. The second-order valence-electron chi connectivity index (χ2n) is 5.19. The second-order valence-corrected chi connectivity index (χ2v) is 5.19. The van der Waals surface area contributed by atoms with E-state index in [1.54, 1.807) is 0 Å². The van der Waals surface area contributed by atoms with Crippen LogP contribution in [-0.4, -0.2) is 5.78 Å². The topological polar surface area (TPSA) is 17.1 Å². The summed E-state index contributed by atoms with van der Waals surface area (Å²) in [6.45, 7) is 6.34. The summed E-state index contributed by atoms with van der Waals surface area (Å²) >= 11 is 0. The Morgan fingerprint density at radius 3 is 2.39 bits per heavy atom. The summed E-state index contributed by atoms with van der Waals surface area (Å²) in [6.07, 6.45) is 8.12. The van der Waals surface area contributed by atoms with E-state index in [0.717, 1.165) is 17.5 Å². The maximum Gasteiger partial charge on any atom is 0.163 e. The maximum absolute atomic E-state index is 12.1. The van der Waals surface area contributed by atoms with Crippen molar-refractivity contribution in [2.24, 2.45) is 0 Å². The lowest BCUT2D eigenvalue weighted by Crippen LogP contribution is -2.02. The van der Waals surface area contributed by atoms with Crippen LogP contribution in [0.4, 0.5) is 0 Å². The number of unbranched alkanes of at least 4 members (excludes halogenated alkanes) is 5. The highest BCUT2D eigenvalue weighted by molar-refractivity contribution is 5.97. The third-order valence-electron chi connectivity index (χ3n) is 3.66. The third-order valence-corrected chi connectivity index (χ3v) is 3.66. The molecule has 0 spiro atoms. The largest absolute Gasteiger partial charge is 0.294 e. The van der Waals surface area contributed by atoms with Gasteiger partial charge in [-0.2, -0.15) is 0 Å². The average molecular weight is 246 g/mol. The zero-order chi connectivity index (χ0) is 13.4. The van der Waals surface area contributed by atoms with E-state index in [0.29, 0.717) is 12.2 Å². The molecule has 0 unspecified atom stereocenters. The number of Topliss-reactive ketones (excluding diaryl/α,β-unsaturated/α-hetero) is 1. The molecule has 0 N–H and O–H groups in total. The van der Waals surface area contributed by atoms with Crippen molar-refractivity contribution in [3.63, 3.8) is 0 Å². The number of carbonyl (C=O) groups is 1. The van der Waals surface area contributed by atoms with Crippen molar-refractivity contribution in [1.82, 2.24) is 0 Å². The smallest absolute Gasteiger partial charge is 0.163 e. The van der Waals surface area contributed by atoms with E-state index >= 15 is 0 Å². The van der Waals surface area contributed by atoms with E-state index in [1.165, 1.54) is 37.7 Å². The first-order chi connectivity index (χ1) is 8.66. The normalized spacial score (nSPS) is 10.6. The Hall–Kier alpha value is -1.11. The summed E-state index contributed by atoms with van der Waals surface area (Å²) in [5.41, 5.74) is 3.28. The Labute approximate surface area is 112 Å². The molecule has 0 aliphatic heterocycles. The molecule has 0 aromatic heterocycles. The Morgan fingerprint density at radius 1 is 1.00 bits per heavy atom. The van der Waals surface area contributed by atoms with Crippen LogP contribution in [0, 0.1) is 13.8 Å². The highest BCUT2D eigenvalue weighted by atomic mass is 16.1. The molecule has 0 bridgehead atoms. The minimum Gasteiger partial charge on any atom is -0.294 e. The van der Waals surface area contributed by atoms with Crippen molar-refractivity contribution in [1.29, 1.82) is 0 Å². The predicted molar refractivity (Wildman–Crippen MR) is 78.2 cm³/mol. The monoisotopic (exact) mass is 246 g/mol. The van der Waals surface area contributed by atoms with Crippen LogP contribution in [0.15, 0.2) is 18.2 Å². The molecule has 0 saturated carbocycles. The molecule has 1 aromatic carbocycles. The highest BCUT2D eigenvalue weighted by Gasteiger charge is 2.09. The van der Waals surface area contributed by atoms with Gasteiger partial charge in [0.15, 0.2) is 5.78 Å². The SMILES string of the molecule is CCCCCCCCC(=O)c1cccc(C)c1C. The fraction of sp³-hybridized carbons (Fsp3) is 0.588. The van der Waals surface area contributed by atoms with Gasteiger partial charge in [0, 0.05) is 12.0 Å². The summed E-state index contributed by atoms with van der Waals surface area (Å²) in [4.78, 5) is 12.1. The van der Waals surface area contributed by atoms with Gasteiger partial charge in [0.05, 0.1) is 0 Å². The van der Waals surface area contributed by atoms with Gasteiger partial charge in [0.1, 0.15) is 0 Å². The first-order valence-corrected chi connectivity index (χ1v) is 7.26. The van der Waals surface area contributed by atoms with E-state index < -0.39 is 0 Å².